The van der Waals surface area contributed by atoms with Crippen LogP contribution in [0, 0.1) is 5.82 Å². The number of carbonyl (C=O) groups is 2. The summed E-state index contributed by atoms with van der Waals surface area (Å²) in [6.45, 7) is 2.59. The van der Waals surface area contributed by atoms with Crippen LogP contribution in [-0.4, -0.2) is 58.0 Å². The van der Waals surface area contributed by atoms with Crippen molar-refractivity contribution in [2.24, 2.45) is 12.8 Å². The molecule has 2 aliphatic heterocycles. The third kappa shape index (κ3) is 3.35. The number of ether oxygens (including phenoxy) is 1. The molecular formula is C23H24FN7O3. The van der Waals surface area contributed by atoms with Crippen LogP contribution in [0.5, 0.6) is 0 Å². The van der Waals surface area contributed by atoms with Crippen LogP contribution in [-0.2, 0) is 27.8 Å². The van der Waals surface area contributed by atoms with Crippen LogP contribution in [0.2, 0.25) is 0 Å². The predicted molar refractivity (Wildman–Crippen MR) is 122 cm³/mol. The lowest BCUT2D eigenvalue weighted by atomic mass is 10.1. The number of hydrogen-bond donors (Lipinski definition) is 2. The summed E-state index contributed by atoms with van der Waals surface area (Å²) in [5.41, 5.74) is 7.90. The van der Waals surface area contributed by atoms with Crippen molar-refractivity contribution in [2.75, 3.05) is 29.4 Å². The summed E-state index contributed by atoms with van der Waals surface area (Å²) in [7, 11) is 1.72. The summed E-state index contributed by atoms with van der Waals surface area (Å²) >= 11 is 0. The zero-order chi connectivity index (χ0) is 23.6. The van der Waals surface area contributed by atoms with Crippen molar-refractivity contribution in [3.63, 3.8) is 0 Å². The second kappa shape index (κ2) is 7.39. The summed E-state index contributed by atoms with van der Waals surface area (Å²) in [4.78, 5) is 32.2. The van der Waals surface area contributed by atoms with Gasteiger partial charge in [0.1, 0.15) is 11.3 Å². The van der Waals surface area contributed by atoms with Gasteiger partial charge < -0.3 is 20.7 Å². The molecule has 1 spiro atoms. The quantitative estimate of drug-likeness (QED) is 0.436. The summed E-state index contributed by atoms with van der Waals surface area (Å²) < 4.78 is 22.0. The number of aromatic nitrogens is 3. The molecule has 2 fully saturated rings. The summed E-state index contributed by atoms with van der Waals surface area (Å²) in [6, 6.07) is 5.07. The molecule has 1 atom stereocenters. The number of nitrogens with two attached hydrogens (primary N) is 1. The van der Waals surface area contributed by atoms with E-state index in [1.807, 2.05) is 6.07 Å². The number of nitrogens with one attached hydrogen (secondary N) is 1. The number of carbonyl (C=O) groups excluding carboxylic acids is 2. The van der Waals surface area contributed by atoms with Gasteiger partial charge in [-0.25, -0.2) is 14.2 Å². The minimum atomic E-state index is -1.18. The van der Waals surface area contributed by atoms with Crippen LogP contribution in [0.1, 0.15) is 18.4 Å². The molecule has 4 heterocycles. The highest BCUT2D eigenvalue weighted by atomic mass is 19.1. The van der Waals surface area contributed by atoms with E-state index in [1.54, 1.807) is 30.4 Å². The maximum atomic E-state index is 14.9. The number of aryl methyl sites for hydroxylation is 1. The zero-order valence-electron chi connectivity index (χ0n) is 18.6. The maximum absolute atomic E-state index is 14.9. The summed E-state index contributed by atoms with van der Waals surface area (Å²) in [5.74, 6) is -2.27. The van der Waals surface area contributed by atoms with E-state index in [0.29, 0.717) is 23.3 Å². The third-order valence-corrected chi connectivity index (χ3v) is 6.86. The van der Waals surface area contributed by atoms with Crippen LogP contribution in [0.25, 0.3) is 10.9 Å². The molecule has 1 aliphatic carbocycles. The van der Waals surface area contributed by atoms with Gasteiger partial charge in [-0.1, -0.05) is 0 Å². The number of anilines is 3. The number of primary amides is 1. The highest BCUT2D eigenvalue weighted by molar-refractivity contribution is 6.31. The number of esters is 1. The number of fused-ring (bicyclic) bond motifs is 2. The molecule has 0 bridgehead atoms. The SMILES string of the molecule is Cn1cc2cc(N3c4nccc(N5CCNC6(CC6)C5)c4CC3OC(=O)C(N)=O)cc(F)c2n1. The zero-order valence-corrected chi connectivity index (χ0v) is 18.6. The van der Waals surface area contributed by atoms with Gasteiger partial charge in [0.05, 0.1) is 0 Å². The smallest absolute Gasteiger partial charge is 0.398 e. The first-order chi connectivity index (χ1) is 16.3. The highest BCUT2D eigenvalue weighted by Gasteiger charge is 2.46. The Labute approximate surface area is 194 Å². The lowest BCUT2D eigenvalue weighted by Crippen LogP contribution is -2.52. The Balaban J connectivity index is 1.44. The van der Waals surface area contributed by atoms with Crippen LogP contribution >= 0.6 is 0 Å². The second-order valence-corrected chi connectivity index (χ2v) is 9.23. The maximum Gasteiger partial charge on any atom is 0.398 e. The first-order valence-corrected chi connectivity index (χ1v) is 11.2. The summed E-state index contributed by atoms with van der Waals surface area (Å²) in [5, 5.41) is 8.36. The van der Waals surface area contributed by atoms with E-state index in [0.717, 1.165) is 43.7 Å². The molecule has 1 unspecified atom stereocenters. The Kier molecular flexibility index (Phi) is 4.53. The van der Waals surface area contributed by atoms with Crippen LogP contribution in [0.4, 0.5) is 21.6 Å². The van der Waals surface area contributed by atoms with Crippen molar-refractivity contribution in [1.29, 1.82) is 0 Å². The highest BCUT2D eigenvalue weighted by Crippen LogP contribution is 2.45. The lowest BCUT2D eigenvalue weighted by molar-refractivity contribution is -0.157. The fourth-order valence-corrected chi connectivity index (χ4v) is 5.12. The average Bonchev–Trinajstić information content (AvgIpc) is 3.25. The Hall–Kier alpha value is -3.73. The Morgan fingerprint density at radius 1 is 1.32 bits per heavy atom. The fourth-order valence-electron chi connectivity index (χ4n) is 5.12. The average molecular weight is 465 g/mol. The van der Waals surface area contributed by atoms with E-state index < -0.39 is 23.9 Å². The van der Waals surface area contributed by atoms with Crippen LogP contribution in [0.15, 0.2) is 30.6 Å². The molecule has 1 amide bonds. The normalized spacial score (nSPS) is 20.6. The molecule has 11 heteroatoms. The molecule has 1 aromatic carbocycles. The Bertz CT molecular complexity index is 1340. The third-order valence-electron chi connectivity index (χ3n) is 6.86. The number of piperazine rings is 1. The van der Waals surface area contributed by atoms with Gasteiger partial charge in [0.15, 0.2) is 12.0 Å². The van der Waals surface area contributed by atoms with Gasteiger partial charge >= 0.3 is 11.9 Å². The Morgan fingerprint density at radius 3 is 2.91 bits per heavy atom. The van der Waals surface area contributed by atoms with Gasteiger partial charge in [0.2, 0.25) is 0 Å². The van der Waals surface area contributed by atoms with Gasteiger partial charge in [-0.05, 0) is 25.0 Å². The molecule has 34 heavy (non-hydrogen) atoms. The van der Waals surface area contributed by atoms with Crippen molar-refractivity contribution >= 4 is 40.0 Å². The van der Waals surface area contributed by atoms with E-state index >= 15 is 0 Å². The van der Waals surface area contributed by atoms with Crippen LogP contribution in [0.3, 0.4) is 0 Å². The monoisotopic (exact) mass is 465 g/mol. The van der Waals surface area contributed by atoms with Gasteiger partial charge in [0, 0.05) is 79.4 Å². The lowest BCUT2D eigenvalue weighted by Gasteiger charge is -2.36. The number of hydrogen-bond acceptors (Lipinski definition) is 8. The first kappa shape index (κ1) is 20.8. The number of halogens is 1. The van der Waals surface area contributed by atoms with Gasteiger partial charge in [0.25, 0.3) is 0 Å². The minimum absolute atomic E-state index is 0.166. The molecule has 3 aromatic rings. The van der Waals surface area contributed by atoms with Gasteiger partial charge in [-0.3, -0.25) is 14.4 Å². The molecule has 176 valence electrons. The van der Waals surface area contributed by atoms with Crippen molar-refractivity contribution in [3.05, 3.63) is 42.0 Å². The fraction of sp³-hybridized carbons (Fsp3) is 0.391. The van der Waals surface area contributed by atoms with Gasteiger partial charge in [-0.15, -0.1) is 0 Å². The van der Waals surface area contributed by atoms with E-state index in [9.17, 15) is 14.0 Å². The number of benzene rings is 1. The number of nitrogens with zero attached hydrogens (tertiary/aromatic N) is 5. The molecule has 3 aliphatic rings. The first-order valence-electron chi connectivity index (χ1n) is 11.2. The van der Waals surface area contributed by atoms with E-state index in [4.69, 9.17) is 10.5 Å². The molecule has 6 rings (SSSR count). The Morgan fingerprint density at radius 2 is 2.15 bits per heavy atom. The largest absolute Gasteiger partial charge is 0.434 e. The standard InChI is InChI=1S/C23H24FN7O3/c1-29-11-13-8-14(9-16(24)19(13)28-29)31-18(34-22(33)20(25)32)10-15-17(2-5-26-21(15)31)30-7-6-27-23(12-30)3-4-23/h2,5,8-9,11,18,27H,3-4,6-7,10,12H2,1H3,(H2,25,32). The number of rotatable bonds is 3. The van der Waals surface area contributed by atoms with Crippen molar-refractivity contribution in [3.8, 4) is 0 Å². The molecule has 2 aromatic heterocycles. The van der Waals surface area contributed by atoms with E-state index in [2.05, 4.69) is 20.3 Å². The van der Waals surface area contributed by atoms with E-state index in [1.165, 1.54) is 10.7 Å². The van der Waals surface area contributed by atoms with E-state index in [-0.39, 0.29) is 11.1 Å². The number of amides is 1. The van der Waals surface area contributed by atoms with Crippen molar-refractivity contribution in [1.82, 2.24) is 20.1 Å². The molecule has 1 saturated carbocycles. The molecule has 0 radical (unpaired) electrons. The number of pyridine rings is 1. The minimum Gasteiger partial charge on any atom is -0.434 e. The molecular weight excluding hydrogens is 441 g/mol. The van der Waals surface area contributed by atoms with Crippen molar-refractivity contribution in [2.45, 2.75) is 31.0 Å². The topological polar surface area (TPSA) is 119 Å². The van der Waals surface area contributed by atoms with Crippen molar-refractivity contribution < 1.29 is 18.7 Å². The molecule has 3 N–H and O–H groups in total. The molecule has 1 saturated heterocycles. The second-order valence-electron chi connectivity index (χ2n) is 9.23. The van der Waals surface area contributed by atoms with Gasteiger partial charge in [-0.2, -0.15) is 5.10 Å². The predicted octanol–water partition coefficient (Wildman–Crippen LogP) is 1.10. The van der Waals surface area contributed by atoms with Crippen LogP contribution < -0.4 is 20.9 Å². The summed E-state index contributed by atoms with van der Waals surface area (Å²) in [6.07, 6.45) is 5.11. The molecule has 10 nitrogen and oxygen atoms in total.